The van der Waals surface area contributed by atoms with Crippen molar-refractivity contribution in [3.63, 3.8) is 0 Å². The molecule has 0 spiro atoms. The Bertz CT molecular complexity index is 299. The second-order valence-corrected chi connectivity index (χ2v) is 3.64. The molecule has 0 saturated carbocycles. The summed E-state index contributed by atoms with van der Waals surface area (Å²) in [6, 6.07) is 6.03. The minimum atomic E-state index is -0.199. The Morgan fingerprint density at radius 1 is 1.43 bits per heavy atom. The molecule has 0 aromatic heterocycles. The molecule has 0 aliphatic heterocycles. The van der Waals surface area contributed by atoms with Gasteiger partial charge in [0.25, 0.3) is 0 Å². The summed E-state index contributed by atoms with van der Waals surface area (Å²) in [5, 5.41) is 12.0. The average molecular weight is 194 g/mol. The van der Waals surface area contributed by atoms with Crippen molar-refractivity contribution in [1.82, 2.24) is 0 Å². The molecule has 4 N–H and O–H groups in total. The Balaban J connectivity index is 2.62. The zero-order valence-corrected chi connectivity index (χ0v) is 8.75. The van der Waals surface area contributed by atoms with Crippen LogP contribution in [-0.2, 0) is 0 Å². The van der Waals surface area contributed by atoms with E-state index in [9.17, 15) is 0 Å². The number of nitrogens with two attached hydrogens (primary N) is 1. The summed E-state index contributed by atoms with van der Waals surface area (Å²) < 4.78 is 0. The maximum atomic E-state index is 8.77. The molecule has 1 atom stereocenters. The molecule has 0 radical (unpaired) electrons. The fourth-order valence-electron chi connectivity index (χ4n) is 1.23. The largest absolute Gasteiger partial charge is 0.395 e. The van der Waals surface area contributed by atoms with Crippen molar-refractivity contribution in [2.24, 2.45) is 5.73 Å². The topological polar surface area (TPSA) is 58.3 Å². The van der Waals surface area contributed by atoms with Gasteiger partial charge in [-0.15, -0.1) is 0 Å². The van der Waals surface area contributed by atoms with E-state index >= 15 is 0 Å². The van der Waals surface area contributed by atoms with Crippen LogP contribution in [0.25, 0.3) is 0 Å². The third-order valence-corrected chi connectivity index (χ3v) is 2.18. The Morgan fingerprint density at radius 3 is 2.79 bits per heavy atom. The lowest BCUT2D eigenvalue weighted by Crippen LogP contribution is -2.32. The van der Waals surface area contributed by atoms with Gasteiger partial charge in [0.2, 0.25) is 0 Å². The van der Waals surface area contributed by atoms with E-state index in [-0.39, 0.29) is 12.6 Å². The number of aliphatic hydroxyl groups is 1. The van der Waals surface area contributed by atoms with Crippen molar-refractivity contribution in [2.45, 2.75) is 19.9 Å². The van der Waals surface area contributed by atoms with Gasteiger partial charge >= 0.3 is 0 Å². The summed E-state index contributed by atoms with van der Waals surface area (Å²) in [5.41, 5.74) is 9.10. The Labute approximate surface area is 84.9 Å². The first-order valence-electron chi connectivity index (χ1n) is 4.81. The van der Waals surface area contributed by atoms with Gasteiger partial charge in [-0.25, -0.2) is 0 Å². The van der Waals surface area contributed by atoms with Crippen molar-refractivity contribution < 1.29 is 5.11 Å². The number of aliphatic hydroxyl groups excluding tert-OH is 1. The lowest BCUT2D eigenvalue weighted by atomic mass is 10.1. The maximum Gasteiger partial charge on any atom is 0.0599 e. The number of rotatable bonds is 4. The van der Waals surface area contributed by atoms with Crippen molar-refractivity contribution >= 4 is 5.69 Å². The lowest BCUT2D eigenvalue weighted by Gasteiger charge is -2.13. The molecular weight excluding hydrogens is 176 g/mol. The van der Waals surface area contributed by atoms with E-state index in [1.165, 1.54) is 11.1 Å². The zero-order chi connectivity index (χ0) is 10.6. The van der Waals surface area contributed by atoms with Gasteiger partial charge in [-0.2, -0.15) is 0 Å². The fourth-order valence-corrected chi connectivity index (χ4v) is 1.23. The van der Waals surface area contributed by atoms with Crippen LogP contribution in [0.5, 0.6) is 0 Å². The highest BCUT2D eigenvalue weighted by atomic mass is 16.3. The smallest absolute Gasteiger partial charge is 0.0599 e. The molecular formula is C11H18N2O. The van der Waals surface area contributed by atoms with Crippen LogP contribution >= 0.6 is 0 Å². The summed E-state index contributed by atoms with van der Waals surface area (Å²) in [4.78, 5) is 0. The van der Waals surface area contributed by atoms with E-state index in [1.807, 2.05) is 6.92 Å². The van der Waals surface area contributed by atoms with Gasteiger partial charge in [-0.3, -0.25) is 0 Å². The predicted molar refractivity (Wildman–Crippen MR) is 59.5 cm³/mol. The zero-order valence-electron chi connectivity index (χ0n) is 8.75. The normalized spacial score (nSPS) is 12.6. The van der Waals surface area contributed by atoms with Crippen LogP contribution in [0, 0.1) is 13.8 Å². The van der Waals surface area contributed by atoms with Gasteiger partial charge in [0, 0.05) is 18.3 Å². The molecule has 0 heterocycles. The molecule has 1 aromatic rings. The average Bonchev–Trinajstić information content (AvgIpc) is 2.19. The highest BCUT2D eigenvalue weighted by Crippen LogP contribution is 2.15. The summed E-state index contributed by atoms with van der Waals surface area (Å²) in [5.74, 6) is 0. The van der Waals surface area contributed by atoms with Gasteiger partial charge in [0.05, 0.1) is 6.61 Å². The predicted octanol–water partition coefficient (Wildman–Crippen LogP) is 1.03. The summed E-state index contributed by atoms with van der Waals surface area (Å²) in [6.07, 6.45) is 0. The molecule has 3 nitrogen and oxygen atoms in total. The van der Waals surface area contributed by atoms with Crippen molar-refractivity contribution in [3.05, 3.63) is 29.3 Å². The number of aryl methyl sites for hydroxylation is 2. The molecule has 1 unspecified atom stereocenters. The molecule has 0 aliphatic carbocycles. The van der Waals surface area contributed by atoms with Crippen LogP contribution < -0.4 is 11.1 Å². The van der Waals surface area contributed by atoms with E-state index in [0.717, 1.165) is 5.69 Å². The van der Waals surface area contributed by atoms with Crippen molar-refractivity contribution in [2.75, 3.05) is 18.5 Å². The molecule has 0 amide bonds. The van der Waals surface area contributed by atoms with E-state index in [4.69, 9.17) is 10.8 Å². The van der Waals surface area contributed by atoms with Crippen LogP contribution in [0.4, 0.5) is 5.69 Å². The summed E-state index contributed by atoms with van der Waals surface area (Å²) >= 11 is 0. The van der Waals surface area contributed by atoms with Crippen LogP contribution in [0.15, 0.2) is 18.2 Å². The second kappa shape index (κ2) is 4.98. The highest BCUT2D eigenvalue weighted by molar-refractivity contribution is 5.52. The van der Waals surface area contributed by atoms with Crippen molar-refractivity contribution in [1.29, 1.82) is 0 Å². The monoisotopic (exact) mass is 194 g/mol. The molecule has 3 heteroatoms. The molecule has 0 aliphatic rings. The minimum Gasteiger partial charge on any atom is -0.395 e. The highest BCUT2D eigenvalue weighted by Gasteiger charge is 2.01. The number of benzene rings is 1. The Morgan fingerprint density at radius 2 is 2.14 bits per heavy atom. The molecule has 0 saturated heterocycles. The lowest BCUT2D eigenvalue weighted by molar-refractivity contribution is 0.270. The fraction of sp³-hybridized carbons (Fsp3) is 0.455. The summed E-state index contributed by atoms with van der Waals surface area (Å²) in [6.45, 7) is 4.71. The van der Waals surface area contributed by atoms with Crippen LogP contribution in [0.1, 0.15) is 11.1 Å². The van der Waals surface area contributed by atoms with Gasteiger partial charge in [-0.1, -0.05) is 12.1 Å². The molecule has 1 rings (SSSR count). The molecule has 14 heavy (non-hydrogen) atoms. The molecule has 78 valence electrons. The first-order valence-corrected chi connectivity index (χ1v) is 4.81. The summed E-state index contributed by atoms with van der Waals surface area (Å²) in [7, 11) is 0. The number of nitrogens with one attached hydrogen (secondary N) is 1. The first-order chi connectivity index (χ1) is 6.63. The van der Waals surface area contributed by atoms with Crippen LogP contribution in [0.3, 0.4) is 0 Å². The van der Waals surface area contributed by atoms with E-state index in [2.05, 4.69) is 30.4 Å². The molecule has 0 fully saturated rings. The van der Waals surface area contributed by atoms with Gasteiger partial charge < -0.3 is 16.2 Å². The molecule has 0 bridgehead atoms. The van der Waals surface area contributed by atoms with Crippen LogP contribution in [0.2, 0.25) is 0 Å². The van der Waals surface area contributed by atoms with Gasteiger partial charge in [-0.05, 0) is 31.0 Å². The number of hydrogen-bond acceptors (Lipinski definition) is 3. The van der Waals surface area contributed by atoms with E-state index < -0.39 is 0 Å². The second-order valence-electron chi connectivity index (χ2n) is 3.64. The quantitative estimate of drug-likeness (QED) is 0.671. The first kappa shape index (κ1) is 11.0. The van der Waals surface area contributed by atoms with Gasteiger partial charge in [0.1, 0.15) is 0 Å². The third-order valence-electron chi connectivity index (χ3n) is 2.18. The third kappa shape index (κ3) is 3.01. The Kier molecular flexibility index (Phi) is 3.92. The van der Waals surface area contributed by atoms with E-state index in [1.54, 1.807) is 0 Å². The Hall–Kier alpha value is -1.06. The van der Waals surface area contributed by atoms with E-state index in [0.29, 0.717) is 6.54 Å². The molecule has 1 aromatic carbocycles. The number of hydrogen-bond donors (Lipinski definition) is 3. The maximum absolute atomic E-state index is 8.77. The number of anilines is 1. The van der Waals surface area contributed by atoms with Crippen LogP contribution in [-0.4, -0.2) is 24.3 Å². The standard InChI is InChI=1S/C11H18N2O/c1-8-3-4-9(2)11(5-8)13-6-10(12)7-14/h3-5,10,13-14H,6-7,12H2,1-2H3. The van der Waals surface area contributed by atoms with Crippen molar-refractivity contribution in [3.8, 4) is 0 Å². The minimum absolute atomic E-state index is 0.0118. The van der Waals surface area contributed by atoms with Gasteiger partial charge in [0.15, 0.2) is 0 Å². The SMILES string of the molecule is Cc1ccc(C)c(NCC(N)CO)c1.